The van der Waals surface area contributed by atoms with Crippen molar-refractivity contribution in [2.45, 2.75) is 51.4 Å². The fourth-order valence-electron chi connectivity index (χ4n) is 2.01. The van der Waals surface area contributed by atoms with Gasteiger partial charge in [-0.05, 0) is 27.7 Å². The third-order valence-corrected chi connectivity index (χ3v) is 2.83. The highest BCUT2D eigenvalue weighted by molar-refractivity contribution is 5.86. The molecule has 0 radical (unpaired) electrons. The molecule has 0 unspecified atom stereocenters. The Morgan fingerprint density at radius 3 is 2.39 bits per heavy atom. The molecule has 2 atom stereocenters. The quantitative estimate of drug-likeness (QED) is 0.676. The van der Waals surface area contributed by atoms with Crippen LogP contribution in [0, 0.1) is 0 Å². The monoisotopic (exact) mass is 261 g/mol. The highest BCUT2D eigenvalue weighted by Crippen LogP contribution is 2.33. The maximum absolute atomic E-state index is 13.5. The number of amides is 1. The lowest BCUT2D eigenvalue weighted by Crippen LogP contribution is -2.52. The lowest BCUT2D eigenvalue weighted by atomic mass is 9.99. The number of carbonyl (C=O) groups is 2. The minimum Gasteiger partial charge on any atom is -0.467 e. The van der Waals surface area contributed by atoms with Crippen molar-refractivity contribution in [1.82, 2.24) is 4.90 Å². The SMILES string of the molecule is COC(=O)[C@@]1(C)C[C@@H](F)CN1C(=O)OC(C)(C)C. The van der Waals surface area contributed by atoms with Crippen molar-refractivity contribution in [2.24, 2.45) is 0 Å². The Bertz CT molecular complexity index is 352. The third kappa shape index (κ3) is 2.91. The average molecular weight is 261 g/mol. The lowest BCUT2D eigenvalue weighted by molar-refractivity contribution is -0.152. The van der Waals surface area contributed by atoms with Crippen LogP contribution >= 0.6 is 0 Å². The van der Waals surface area contributed by atoms with Crippen LogP contribution in [0.1, 0.15) is 34.1 Å². The molecule has 0 saturated carbocycles. The molecule has 0 spiro atoms. The van der Waals surface area contributed by atoms with E-state index in [1.54, 1.807) is 20.8 Å². The van der Waals surface area contributed by atoms with Crippen LogP contribution in [0.3, 0.4) is 0 Å². The van der Waals surface area contributed by atoms with Crippen molar-refractivity contribution in [2.75, 3.05) is 13.7 Å². The maximum atomic E-state index is 13.5. The van der Waals surface area contributed by atoms with E-state index in [-0.39, 0.29) is 13.0 Å². The van der Waals surface area contributed by atoms with Crippen LogP contribution in [0.2, 0.25) is 0 Å². The van der Waals surface area contributed by atoms with Gasteiger partial charge in [0, 0.05) is 6.42 Å². The number of ether oxygens (including phenoxy) is 2. The molecule has 0 aromatic rings. The molecule has 0 bridgehead atoms. The molecule has 1 amide bonds. The highest BCUT2D eigenvalue weighted by Gasteiger charge is 2.52. The van der Waals surface area contributed by atoms with Gasteiger partial charge in [-0.1, -0.05) is 0 Å². The predicted molar refractivity (Wildman–Crippen MR) is 62.9 cm³/mol. The fraction of sp³-hybridized carbons (Fsp3) is 0.833. The summed E-state index contributed by atoms with van der Waals surface area (Å²) in [5.41, 5.74) is -1.99. The number of hydrogen-bond acceptors (Lipinski definition) is 4. The molecule has 5 nitrogen and oxygen atoms in total. The molecule has 1 rings (SSSR count). The second-order valence-corrected chi connectivity index (χ2v) is 5.66. The number of methoxy groups -OCH3 is 1. The molecule has 1 saturated heterocycles. The summed E-state index contributed by atoms with van der Waals surface area (Å²) >= 11 is 0. The predicted octanol–water partition coefficient (Wildman–Crippen LogP) is 1.90. The first-order chi connectivity index (χ1) is 8.10. The van der Waals surface area contributed by atoms with Crippen LogP contribution in [-0.4, -0.2) is 47.9 Å². The van der Waals surface area contributed by atoms with Gasteiger partial charge >= 0.3 is 12.1 Å². The number of carbonyl (C=O) groups excluding carboxylic acids is 2. The lowest BCUT2D eigenvalue weighted by Gasteiger charge is -2.33. The van der Waals surface area contributed by atoms with Crippen molar-refractivity contribution in [3.05, 3.63) is 0 Å². The van der Waals surface area contributed by atoms with Gasteiger partial charge in [-0.2, -0.15) is 0 Å². The normalized spacial score (nSPS) is 28.1. The van der Waals surface area contributed by atoms with Gasteiger partial charge in [-0.3, -0.25) is 4.90 Å². The summed E-state index contributed by atoms with van der Waals surface area (Å²) in [4.78, 5) is 24.8. The Balaban J connectivity index is 2.92. The molecule has 18 heavy (non-hydrogen) atoms. The number of halogens is 1. The van der Waals surface area contributed by atoms with E-state index in [4.69, 9.17) is 4.74 Å². The van der Waals surface area contributed by atoms with Crippen molar-refractivity contribution in [3.8, 4) is 0 Å². The van der Waals surface area contributed by atoms with Crippen molar-refractivity contribution in [3.63, 3.8) is 0 Å². The fourth-order valence-corrected chi connectivity index (χ4v) is 2.01. The van der Waals surface area contributed by atoms with Gasteiger partial charge in [0.05, 0.1) is 13.7 Å². The number of nitrogens with zero attached hydrogens (tertiary/aromatic N) is 1. The number of alkyl halides is 1. The minimum absolute atomic E-state index is 0.0705. The van der Waals surface area contributed by atoms with Crippen molar-refractivity contribution < 1.29 is 23.5 Å². The van der Waals surface area contributed by atoms with Gasteiger partial charge in [-0.15, -0.1) is 0 Å². The highest BCUT2D eigenvalue weighted by atomic mass is 19.1. The smallest absolute Gasteiger partial charge is 0.411 e. The Kier molecular flexibility index (Phi) is 3.88. The van der Waals surface area contributed by atoms with Crippen molar-refractivity contribution in [1.29, 1.82) is 0 Å². The van der Waals surface area contributed by atoms with E-state index in [0.717, 1.165) is 4.90 Å². The molecule has 1 aliphatic rings. The van der Waals surface area contributed by atoms with Crippen LogP contribution in [0.5, 0.6) is 0 Å². The summed E-state index contributed by atoms with van der Waals surface area (Å²) in [7, 11) is 1.21. The summed E-state index contributed by atoms with van der Waals surface area (Å²) in [6.45, 7) is 6.47. The molecule has 0 aromatic heterocycles. The first kappa shape index (κ1) is 14.7. The Hall–Kier alpha value is -1.33. The van der Waals surface area contributed by atoms with E-state index < -0.39 is 29.4 Å². The first-order valence-corrected chi connectivity index (χ1v) is 5.83. The van der Waals surface area contributed by atoms with E-state index in [1.807, 2.05) is 0 Å². The maximum Gasteiger partial charge on any atom is 0.411 e. The second-order valence-electron chi connectivity index (χ2n) is 5.66. The molecule has 1 fully saturated rings. The summed E-state index contributed by atoms with van der Waals surface area (Å²) in [5.74, 6) is -0.631. The van der Waals surface area contributed by atoms with E-state index in [9.17, 15) is 14.0 Å². The van der Waals surface area contributed by atoms with Gasteiger partial charge in [-0.25, -0.2) is 14.0 Å². The Morgan fingerprint density at radius 2 is 1.94 bits per heavy atom. The van der Waals surface area contributed by atoms with E-state index in [0.29, 0.717) is 0 Å². The standard InChI is InChI=1S/C12H20FNO4/c1-11(2,3)18-10(16)14-7-8(13)6-12(14,4)9(15)17-5/h8H,6-7H2,1-5H3/t8-,12-/m1/s1. The molecule has 6 heteroatoms. The Morgan fingerprint density at radius 1 is 1.39 bits per heavy atom. The number of rotatable bonds is 1. The summed E-state index contributed by atoms with van der Waals surface area (Å²) in [5, 5.41) is 0. The summed E-state index contributed by atoms with van der Waals surface area (Å²) in [6, 6.07) is 0. The van der Waals surface area contributed by atoms with Crippen LogP contribution < -0.4 is 0 Å². The first-order valence-electron chi connectivity index (χ1n) is 5.83. The van der Waals surface area contributed by atoms with Crippen molar-refractivity contribution >= 4 is 12.1 Å². The topological polar surface area (TPSA) is 55.8 Å². The zero-order valence-electron chi connectivity index (χ0n) is 11.4. The van der Waals surface area contributed by atoms with Crippen LogP contribution in [0.15, 0.2) is 0 Å². The molecule has 1 aliphatic heterocycles. The zero-order valence-corrected chi connectivity index (χ0v) is 11.4. The summed E-state index contributed by atoms with van der Waals surface area (Å²) in [6.07, 6.45) is -2.02. The van der Waals surface area contributed by atoms with Gasteiger partial charge in [0.2, 0.25) is 0 Å². The molecule has 1 heterocycles. The molecule has 0 aromatic carbocycles. The third-order valence-electron chi connectivity index (χ3n) is 2.83. The summed E-state index contributed by atoms with van der Waals surface area (Å²) < 4.78 is 23.3. The van der Waals surface area contributed by atoms with Crippen LogP contribution in [0.4, 0.5) is 9.18 Å². The molecular formula is C12H20FNO4. The molecule has 0 aliphatic carbocycles. The molecule has 0 N–H and O–H groups in total. The van der Waals surface area contributed by atoms with Gasteiger partial charge in [0.15, 0.2) is 0 Å². The molecule has 104 valence electrons. The van der Waals surface area contributed by atoms with E-state index in [1.165, 1.54) is 14.0 Å². The number of esters is 1. The van der Waals surface area contributed by atoms with Crippen LogP contribution in [0.25, 0.3) is 0 Å². The zero-order chi connectivity index (χ0) is 14.1. The number of hydrogen-bond donors (Lipinski definition) is 0. The van der Waals surface area contributed by atoms with E-state index >= 15 is 0 Å². The van der Waals surface area contributed by atoms with E-state index in [2.05, 4.69) is 4.74 Å². The minimum atomic E-state index is -1.30. The van der Waals surface area contributed by atoms with Gasteiger partial charge in [0.25, 0.3) is 0 Å². The van der Waals surface area contributed by atoms with Gasteiger partial charge in [0.1, 0.15) is 17.3 Å². The largest absolute Gasteiger partial charge is 0.467 e. The second kappa shape index (κ2) is 4.74. The average Bonchev–Trinajstić information content (AvgIpc) is 2.51. The van der Waals surface area contributed by atoms with Gasteiger partial charge < -0.3 is 9.47 Å². The molecular weight excluding hydrogens is 241 g/mol. The Labute approximate surface area is 106 Å². The van der Waals surface area contributed by atoms with Crippen LogP contribution in [-0.2, 0) is 14.3 Å². The number of likely N-dealkylation sites (tertiary alicyclic amines) is 1.